The van der Waals surface area contributed by atoms with Crippen molar-refractivity contribution in [3.8, 4) is 0 Å². The van der Waals surface area contributed by atoms with Crippen LogP contribution in [0.15, 0.2) is 95.1 Å². The van der Waals surface area contributed by atoms with E-state index in [0.717, 1.165) is 99.3 Å². The fourth-order valence-corrected chi connectivity index (χ4v) is 15.0. The summed E-state index contributed by atoms with van der Waals surface area (Å²) in [5.74, 6) is -1.36. The molecule has 0 amide bonds. The molecule has 10 heteroatoms. The van der Waals surface area contributed by atoms with E-state index in [1.807, 2.05) is 60.7 Å². The average Bonchev–Trinajstić information content (AvgIpc) is 4.04. The van der Waals surface area contributed by atoms with Gasteiger partial charge in [-0.2, -0.15) is 0 Å². The summed E-state index contributed by atoms with van der Waals surface area (Å²) in [5, 5.41) is 22.0. The Morgan fingerprint density at radius 1 is 0.682 bits per heavy atom. The van der Waals surface area contributed by atoms with Crippen molar-refractivity contribution in [1.29, 1.82) is 0 Å². The van der Waals surface area contributed by atoms with E-state index in [1.165, 1.54) is 23.3 Å². The van der Waals surface area contributed by atoms with Crippen molar-refractivity contribution in [2.24, 2.45) is 35.5 Å². The fourth-order valence-electron chi connectivity index (χ4n) is 15.0. The third-order valence-corrected chi connectivity index (χ3v) is 18.1. The number of hydrogen-bond donors (Lipinski definition) is 2. The summed E-state index contributed by atoms with van der Waals surface area (Å²) >= 11 is 0. The van der Waals surface area contributed by atoms with Gasteiger partial charge < -0.3 is 33.9 Å². The molecule has 4 bridgehead atoms. The zero-order valence-electron chi connectivity index (χ0n) is 39.1. The largest absolute Gasteiger partial charge is 0.457 e. The van der Waals surface area contributed by atoms with Crippen molar-refractivity contribution in [3.63, 3.8) is 0 Å². The summed E-state index contributed by atoms with van der Waals surface area (Å²) in [6.07, 6.45) is 15.9. The molecule has 13 atom stereocenters. The molecule has 10 rings (SSSR count). The van der Waals surface area contributed by atoms with Crippen LogP contribution in [0.2, 0.25) is 0 Å². The number of allylic oxidation sites excluding steroid dienone is 2. The second-order valence-corrected chi connectivity index (χ2v) is 21.5. The topological polar surface area (TPSA) is 138 Å². The highest BCUT2D eigenvalue weighted by Crippen LogP contribution is 2.67. The third kappa shape index (κ3) is 7.57. The molecule has 352 valence electrons. The van der Waals surface area contributed by atoms with Gasteiger partial charge in [0.05, 0.1) is 11.7 Å². The summed E-state index contributed by atoms with van der Waals surface area (Å²) in [4.78, 5) is 41.0. The standard InChI is InChI=1S/C56H68O10/c1-34-23-26-42-49(34)51(63-46(59)27-24-36-15-8-5-9-16-36)55(31-44(58)53(42,3)65-55)40-22-14-19-38(29-40)41-30-43-50(35(41)2)52(64-47(60)28-25-37-17-10-6-11-18-37)56(39-20-12-7-13-21-39)32-45(54(43,4)66-56)62-48(61)33-57/h5-6,8-11,15-18,24-25,27-28,38-45,51-52,57-58H,7,12-14,19-23,26,29-33H2,1-4H3/b27-24+,28-25+. The fraction of sp³-hybridized carbons (Fsp3) is 0.589. The lowest BCUT2D eigenvalue weighted by Gasteiger charge is -2.53. The predicted octanol–water partition coefficient (Wildman–Crippen LogP) is 9.43. The Balaban J connectivity index is 1.01. The smallest absolute Gasteiger partial charge is 0.332 e. The minimum atomic E-state index is -0.905. The second kappa shape index (κ2) is 17.6. The number of fused-ring (bicyclic) bond motifs is 8. The molecule has 66 heavy (non-hydrogen) atoms. The molecule has 2 aromatic carbocycles. The highest BCUT2D eigenvalue weighted by atomic mass is 16.6. The van der Waals surface area contributed by atoms with E-state index < -0.39 is 71.3 Å². The number of esters is 3. The van der Waals surface area contributed by atoms with Crippen LogP contribution < -0.4 is 0 Å². The van der Waals surface area contributed by atoms with Crippen LogP contribution in [0, 0.1) is 35.5 Å². The molecule has 0 aromatic heterocycles. The van der Waals surface area contributed by atoms with Gasteiger partial charge in [0.25, 0.3) is 0 Å². The minimum absolute atomic E-state index is 0.00205. The zero-order valence-corrected chi connectivity index (χ0v) is 39.1. The molecule has 2 aromatic rings. The highest BCUT2D eigenvalue weighted by Gasteiger charge is 2.73. The molecule has 4 heterocycles. The maximum atomic E-state index is 14.1. The molecule has 0 radical (unpaired) electrons. The number of aliphatic hydroxyl groups is 2. The minimum Gasteiger partial charge on any atom is -0.457 e. The van der Waals surface area contributed by atoms with Crippen molar-refractivity contribution in [3.05, 3.63) is 106 Å². The molecule has 2 N–H and O–H groups in total. The lowest BCUT2D eigenvalue weighted by atomic mass is 9.64. The first-order valence-electron chi connectivity index (χ1n) is 25.0. The van der Waals surface area contributed by atoms with Crippen molar-refractivity contribution in [2.45, 2.75) is 164 Å². The molecule has 2 saturated carbocycles. The summed E-state index contributed by atoms with van der Waals surface area (Å²) in [6.45, 7) is 7.82. The van der Waals surface area contributed by atoms with Crippen molar-refractivity contribution in [1.82, 2.24) is 0 Å². The molecule has 4 aliphatic heterocycles. The summed E-state index contributed by atoms with van der Waals surface area (Å²) < 4.78 is 34.4. The van der Waals surface area contributed by atoms with Gasteiger partial charge in [-0.25, -0.2) is 14.4 Å². The molecule has 13 unspecified atom stereocenters. The van der Waals surface area contributed by atoms with Crippen molar-refractivity contribution in [2.75, 3.05) is 6.61 Å². The first kappa shape index (κ1) is 45.4. The van der Waals surface area contributed by atoms with E-state index >= 15 is 0 Å². The van der Waals surface area contributed by atoms with Crippen LogP contribution in [0.1, 0.15) is 129 Å². The molecular formula is C56H68O10. The lowest BCUT2D eigenvalue weighted by Crippen LogP contribution is -2.60. The van der Waals surface area contributed by atoms with Gasteiger partial charge in [-0.1, -0.05) is 97.5 Å². The van der Waals surface area contributed by atoms with Gasteiger partial charge in [-0.3, -0.25) is 0 Å². The number of carbonyl (C=O) groups is 3. The number of rotatable bonds is 11. The number of aliphatic hydroxyl groups excluding tert-OH is 2. The van der Waals surface area contributed by atoms with Gasteiger partial charge >= 0.3 is 17.9 Å². The second-order valence-electron chi connectivity index (χ2n) is 21.5. The molecular weight excluding hydrogens is 833 g/mol. The lowest BCUT2D eigenvalue weighted by molar-refractivity contribution is -0.231. The van der Waals surface area contributed by atoms with E-state index in [1.54, 1.807) is 12.2 Å². The van der Waals surface area contributed by atoms with E-state index in [4.69, 9.17) is 23.7 Å². The van der Waals surface area contributed by atoms with E-state index in [-0.39, 0.29) is 35.5 Å². The molecule has 4 aliphatic carbocycles. The van der Waals surface area contributed by atoms with Crippen molar-refractivity contribution >= 4 is 30.1 Å². The van der Waals surface area contributed by atoms with Crippen LogP contribution in [-0.4, -0.2) is 81.5 Å². The Kier molecular flexibility index (Phi) is 12.1. The van der Waals surface area contributed by atoms with Gasteiger partial charge in [0, 0.05) is 36.8 Å². The van der Waals surface area contributed by atoms with Gasteiger partial charge in [0.15, 0.2) is 12.2 Å². The van der Waals surface area contributed by atoms with E-state index in [9.17, 15) is 24.6 Å². The quantitative estimate of drug-likeness (QED) is 0.0972. The average molecular weight is 901 g/mol. The maximum Gasteiger partial charge on any atom is 0.332 e. The maximum absolute atomic E-state index is 14.1. The molecule has 4 saturated heterocycles. The highest BCUT2D eigenvalue weighted by molar-refractivity contribution is 5.88. The first-order valence-corrected chi connectivity index (χ1v) is 25.0. The molecule has 6 fully saturated rings. The van der Waals surface area contributed by atoms with Crippen LogP contribution >= 0.6 is 0 Å². The molecule has 0 spiro atoms. The Hall–Kier alpha value is -4.35. The van der Waals surface area contributed by atoms with Crippen LogP contribution in [0.25, 0.3) is 12.2 Å². The Morgan fingerprint density at radius 3 is 1.91 bits per heavy atom. The van der Waals surface area contributed by atoms with Crippen LogP contribution in [0.5, 0.6) is 0 Å². The van der Waals surface area contributed by atoms with E-state index in [0.29, 0.717) is 12.8 Å². The van der Waals surface area contributed by atoms with Gasteiger partial charge in [-0.15, -0.1) is 0 Å². The summed E-state index contributed by atoms with van der Waals surface area (Å²) in [7, 11) is 0. The summed E-state index contributed by atoms with van der Waals surface area (Å²) in [5.41, 5.74) is 3.01. The van der Waals surface area contributed by atoms with Gasteiger partial charge in [0.2, 0.25) is 0 Å². The van der Waals surface area contributed by atoms with Crippen LogP contribution in [0.4, 0.5) is 0 Å². The molecule has 10 nitrogen and oxygen atoms in total. The number of benzene rings is 2. The number of hydrogen-bond acceptors (Lipinski definition) is 10. The Bertz CT molecular complexity index is 2310. The van der Waals surface area contributed by atoms with Crippen LogP contribution in [0.3, 0.4) is 0 Å². The first-order chi connectivity index (χ1) is 31.8. The number of ether oxygens (including phenoxy) is 5. The van der Waals surface area contributed by atoms with Gasteiger partial charge in [-0.05, 0) is 137 Å². The van der Waals surface area contributed by atoms with E-state index in [2.05, 4.69) is 27.7 Å². The van der Waals surface area contributed by atoms with Crippen LogP contribution in [-0.2, 0) is 38.1 Å². The predicted molar refractivity (Wildman–Crippen MR) is 249 cm³/mol. The van der Waals surface area contributed by atoms with Gasteiger partial charge in [0.1, 0.15) is 29.5 Å². The SMILES string of the molecule is CC1=C2C(CC1)C1(C)OC(C3CCCC(C4CC5C(=C4C)C(OC(=O)/C=C/c4ccccc4)C4(C6CCCCC6)CC(OC(=O)CO)C5(C)O4)C3)(CC1O)C2OC(=O)/C=C/c1ccccc1. The zero-order chi connectivity index (χ0) is 46.0. The Morgan fingerprint density at radius 2 is 1.27 bits per heavy atom. The Labute approximate surface area is 389 Å². The number of carbonyl (C=O) groups excluding carboxylic acids is 3. The summed E-state index contributed by atoms with van der Waals surface area (Å²) in [6, 6.07) is 19.5. The third-order valence-electron chi connectivity index (χ3n) is 18.1. The molecule has 8 aliphatic rings. The normalized spacial score (nSPS) is 39.6. The monoisotopic (exact) mass is 900 g/mol. The van der Waals surface area contributed by atoms with Crippen molar-refractivity contribution < 1.29 is 48.3 Å².